The molecule has 0 fully saturated rings. The van der Waals surface area contributed by atoms with E-state index in [9.17, 15) is 9.18 Å². The average Bonchev–Trinajstić information content (AvgIpc) is 3.18. The maximum absolute atomic E-state index is 13.2. The molecule has 0 saturated carbocycles. The van der Waals surface area contributed by atoms with Gasteiger partial charge in [0.25, 0.3) is 0 Å². The lowest BCUT2D eigenvalue weighted by molar-refractivity contribution is -0.132. The van der Waals surface area contributed by atoms with E-state index >= 15 is 0 Å². The Balaban J connectivity index is 1.77. The van der Waals surface area contributed by atoms with Gasteiger partial charge in [-0.3, -0.25) is 4.79 Å². The minimum atomic E-state index is -0.297. The van der Waals surface area contributed by atoms with Gasteiger partial charge in [0.2, 0.25) is 5.91 Å². The van der Waals surface area contributed by atoms with Gasteiger partial charge in [0.15, 0.2) is 5.76 Å². The molecule has 3 rings (SSSR count). The normalized spacial score (nSPS) is 10.7. The summed E-state index contributed by atoms with van der Waals surface area (Å²) in [6.07, 6.45) is 1.20. The number of aromatic nitrogens is 1. The Morgan fingerprint density at radius 2 is 1.93 bits per heavy atom. The predicted octanol–water partition coefficient (Wildman–Crippen LogP) is 4.82. The second-order valence-electron chi connectivity index (χ2n) is 6.54. The smallest absolute Gasteiger partial charge is 0.223 e. The standard InChI is InChI=1S/C22H23FN2O3/c1-3-5-22(26)25(14-16-8-10-18(23)11-9-16)15-19-13-21(28-24-19)17-6-4-7-20(12-17)27-2/h4,6-13H,3,5,14-15H2,1-2H3. The van der Waals surface area contributed by atoms with Crippen molar-refractivity contribution < 1.29 is 18.4 Å². The van der Waals surface area contributed by atoms with Gasteiger partial charge in [-0.25, -0.2) is 4.39 Å². The molecule has 28 heavy (non-hydrogen) atoms. The summed E-state index contributed by atoms with van der Waals surface area (Å²) in [6, 6.07) is 15.5. The molecule has 5 nitrogen and oxygen atoms in total. The van der Waals surface area contributed by atoms with Gasteiger partial charge in [0, 0.05) is 24.6 Å². The summed E-state index contributed by atoms with van der Waals surface area (Å²) in [6.45, 7) is 2.68. The number of ether oxygens (including phenoxy) is 1. The molecule has 2 aromatic carbocycles. The first-order chi connectivity index (χ1) is 13.6. The summed E-state index contributed by atoms with van der Waals surface area (Å²) in [5.74, 6) is 1.07. The number of nitrogens with zero attached hydrogens (tertiary/aromatic N) is 2. The highest BCUT2D eigenvalue weighted by molar-refractivity contribution is 5.76. The Bertz CT molecular complexity index is 922. The summed E-state index contributed by atoms with van der Waals surface area (Å²) < 4.78 is 23.9. The van der Waals surface area contributed by atoms with E-state index in [2.05, 4.69) is 5.16 Å². The van der Waals surface area contributed by atoms with Gasteiger partial charge >= 0.3 is 0 Å². The number of rotatable bonds is 8. The van der Waals surface area contributed by atoms with Crippen molar-refractivity contribution in [2.75, 3.05) is 7.11 Å². The summed E-state index contributed by atoms with van der Waals surface area (Å²) in [4.78, 5) is 14.3. The van der Waals surface area contributed by atoms with Crippen LogP contribution in [-0.4, -0.2) is 23.1 Å². The molecule has 0 N–H and O–H groups in total. The van der Waals surface area contributed by atoms with Crippen LogP contribution in [-0.2, 0) is 17.9 Å². The summed E-state index contributed by atoms with van der Waals surface area (Å²) in [5, 5.41) is 4.12. The van der Waals surface area contributed by atoms with E-state index in [4.69, 9.17) is 9.26 Å². The molecule has 0 radical (unpaired) electrons. The van der Waals surface area contributed by atoms with Crippen LogP contribution in [0.3, 0.4) is 0 Å². The van der Waals surface area contributed by atoms with E-state index in [0.29, 0.717) is 31.0 Å². The first-order valence-electron chi connectivity index (χ1n) is 9.21. The van der Waals surface area contributed by atoms with Crippen molar-refractivity contribution in [1.29, 1.82) is 0 Å². The van der Waals surface area contributed by atoms with E-state index in [1.807, 2.05) is 37.3 Å². The molecule has 0 aliphatic rings. The molecule has 0 spiro atoms. The Hall–Kier alpha value is -3.15. The molecule has 0 bridgehead atoms. The molecule has 146 valence electrons. The Morgan fingerprint density at radius 1 is 1.14 bits per heavy atom. The first kappa shape index (κ1) is 19.6. The van der Waals surface area contributed by atoms with E-state index in [1.165, 1.54) is 12.1 Å². The number of hydrogen-bond acceptors (Lipinski definition) is 4. The van der Waals surface area contributed by atoms with Crippen molar-refractivity contribution in [2.24, 2.45) is 0 Å². The number of methoxy groups -OCH3 is 1. The number of hydrogen-bond donors (Lipinski definition) is 0. The molecule has 0 aliphatic carbocycles. The van der Waals surface area contributed by atoms with Crippen LogP contribution in [0.15, 0.2) is 59.1 Å². The summed E-state index contributed by atoms with van der Waals surface area (Å²) >= 11 is 0. The minimum Gasteiger partial charge on any atom is -0.497 e. The van der Waals surface area contributed by atoms with Gasteiger partial charge in [-0.1, -0.05) is 36.3 Å². The van der Waals surface area contributed by atoms with E-state index in [-0.39, 0.29) is 11.7 Å². The van der Waals surface area contributed by atoms with Crippen molar-refractivity contribution in [2.45, 2.75) is 32.9 Å². The van der Waals surface area contributed by atoms with Crippen molar-refractivity contribution in [3.05, 3.63) is 71.7 Å². The van der Waals surface area contributed by atoms with Gasteiger partial charge < -0.3 is 14.2 Å². The fourth-order valence-electron chi connectivity index (χ4n) is 2.91. The zero-order valence-corrected chi connectivity index (χ0v) is 16.0. The maximum atomic E-state index is 13.2. The topological polar surface area (TPSA) is 55.6 Å². The SMILES string of the molecule is CCCC(=O)N(Cc1ccc(F)cc1)Cc1cc(-c2cccc(OC)c2)on1. The lowest BCUT2D eigenvalue weighted by atomic mass is 10.1. The maximum Gasteiger partial charge on any atom is 0.223 e. The molecule has 0 unspecified atom stereocenters. The molecule has 0 saturated heterocycles. The van der Waals surface area contributed by atoms with Crippen LogP contribution in [0.25, 0.3) is 11.3 Å². The molecule has 6 heteroatoms. The van der Waals surface area contributed by atoms with Crippen LogP contribution in [0.4, 0.5) is 4.39 Å². The van der Waals surface area contributed by atoms with Crippen molar-refractivity contribution in [1.82, 2.24) is 10.1 Å². The monoisotopic (exact) mass is 382 g/mol. The Morgan fingerprint density at radius 3 is 2.64 bits per heavy atom. The van der Waals surface area contributed by atoms with E-state index in [0.717, 1.165) is 23.3 Å². The second-order valence-corrected chi connectivity index (χ2v) is 6.54. The molecular formula is C22H23FN2O3. The number of carbonyl (C=O) groups excluding carboxylic acids is 1. The van der Waals surface area contributed by atoms with Crippen molar-refractivity contribution >= 4 is 5.91 Å². The lowest BCUT2D eigenvalue weighted by Crippen LogP contribution is -2.29. The van der Waals surface area contributed by atoms with Crippen LogP contribution in [0.2, 0.25) is 0 Å². The highest BCUT2D eigenvalue weighted by atomic mass is 19.1. The van der Waals surface area contributed by atoms with Crippen LogP contribution >= 0.6 is 0 Å². The number of carbonyl (C=O) groups is 1. The largest absolute Gasteiger partial charge is 0.497 e. The average molecular weight is 382 g/mol. The van der Waals surface area contributed by atoms with Gasteiger partial charge in [0.1, 0.15) is 17.3 Å². The van der Waals surface area contributed by atoms with Gasteiger partial charge in [0.05, 0.1) is 13.7 Å². The third-order valence-electron chi connectivity index (χ3n) is 4.37. The minimum absolute atomic E-state index is 0.0257. The molecule has 0 aliphatic heterocycles. The van der Waals surface area contributed by atoms with Crippen LogP contribution in [0.5, 0.6) is 5.75 Å². The molecular weight excluding hydrogens is 359 g/mol. The van der Waals surface area contributed by atoms with Crippen LogP contribution in [0.1, 0.15) is 31.0 Å². The molecule has 0 atom stereocenters. The molecule has 3 aromatic rings. The van der Waals surface area contributed by atoms with Gasteiger partial charge in [-0.05, 0) is 36.2 Å². The fraction of sp³-hybridized carbons (Fsp3) is 0.273. The third kappa shape index (κ3) is 4.97. The van der Waals surface area contributed by atoms with Crippen molar-refractivity contribution in [3.63, 3.8) is 0 Å². The zero-order valence-electron chi connectivity index (χ0n) is 16.0. The summed E-state index contributed by atoms with van der Waals surface area (Å²) in [7, 11) is 1.61. The highest BCUT2D eigenvalue weighted by Crippen LogP contribution is 2.25. The Labute approximate surface area is 163 Å². The van der Waals surface area contributed by atoms with Gasteiger partial charge in [-0.2, -0.15) is 0 Å². The van der Waals surface area contributed by atoms with Gasteiger partial charge in [-0.15, -0.1) is 0 Å². The molecule has 1 aromatic heterocycles. The molecule has 1 heterocycles. The first-order valence-corrected chi connectivity index (χ1v) is 9.21. The third-order valence-corrected chi connectivity index (χ3v) is 4.37. The van der Waals surface area contributed by atoms with Crippen LogP contribution in [0, 0.1) is 5.82 Å². The van der Waals surface area contributed by atoms with Crippen molar-refractivity contribution in [3.8, 4) is 17.1 Å². The van der Waals surface area contributed by atoms with Crippen LogP contribution < -0.4 is 4.74 Å². The Kier molecular flexibility index (Phi) is 6.42. The quantitative estimate of drug-likeness (QED) is 0.561. The number of benzene rings is 2. The fourth-order valence-corrected chi connectivity index (χ4v) is 2.91. The predicted molar refractivity (Wildman–Crippen MR) is 104 cm³/mol. The van der Waals surface area contributed by atoms with E-state index < -0.39 is 0 Å². The lowest BCUT2D eigenvalue weighted by Gasteiger charge is -2.21. The molecule has 1 amide bonds. The summed E-state index contributed by atoms with van der Waals surface area (Å²) in [5.41, 5.74) is 2.37. The number of amides is 1. The number of halogens is 1. The highest BCUT2D eigenvalue weighted by Gasteiger charge is 2.17. The second kappa shape index (κ2) is 9.17. The zero-order chi connectivity index (χ0) is 19.9. The van der Waals surface area contributed by atoms with E-state index in [1.54, 1.807) is 24.1 Å².